The van der Waals surface area contributed by atoms with Gasteiger partial charge in [-0.05, 0) is 63.5 Å². The van der Waals surface area contributed by atoms with Gasteiger partial charge in [-0.25, -0.2) is 4.79 Å². The van der Waals surface area contributed by atoms with Gasteiger partial charge in [-0.2, -0.15) is 0 Å². The molecule has 0 N–H and O–H groups in total. The lowest BCUT2D eigenvalue weighted by atomic mass is 9.89. The zero-order valence-electron chi connectivity index (χ0n) is 12.4. The van der Waals surface area contributed by atoms with Crippen molar-refractivity contribution in [3.05, 3.63) is 21.4 Å². The number of thiophene rings is 1. The summed E-state index contributed by atoms with van der Waals surface area (Å²) in [6.45, 7) is 7.89. The first-order chi connectivity index (χ1) is 8.78. The van der Waals surface area contributed by atoms with Gasteiger partial charge in [-0.15, -0.1) is 11.3 Å². The van der Waals surface area contributed by atoms with Crippen molar-refractivity contribution >= 4 is 17.4 Å². The Morgan fingerprint density at radius 3 is 2.79 bits per heavy atom. The van der Waals surface area contributed by atoms with E-state index in [-0.39, 0.29) is 12.1 Å². The van der Waals surface area contributed by atoms with E-state index < -0.39 is 5.60 Å². The largest absolute Gasteiger partial charge is 0.444 e. The first kappa shape index (κ1) is 14.4. The Bertz CT molecular complexity index is 473. The second-order valence-electron chi connectivity index (χ2n) is 6.28. The molecule has 0 saturated carbocycles. The number of ether oxygens (including phenoxy) is 1. The van der Waals surface area contributed by atoms with Gasteiger partial charge in [-0.3, -0.25) is 0 Å². The van der Waals surface area contributed by atoms with Gasteiger partial charge < -0.3 is 9.64 Å². The Labute approximate surface area is 119 Å². The molecule has 0 fully saturated rings. The van der Waals surface area contributed by atoms with Gasteiger partial charge in [0.05, 0.1) is 0 Å². The number of hydrogen-bond donors (Lipinski definition) is 0. The third-order valence-corrected chi connectivity index (χ3v) is 4.61. The van der Waals surface area contributed by atoms with Crippen LogP contribution in [0.1, 0.15) is 43.2 Å². The summed E-state index contributed by atoms with van der Waals surface area (Å²) in [7, 11) is 1.85. The Morgan fingerprint density at radius 1 is 1.47 bits per heavy atom. The molecule has 1 aromatic heterocycles. The highest BCUT2D eigenvalue weighted by atomic mass is 32.1. The Hall–Kier alpha value is -1.03. The summed E-state index contributed by atoms with van der Waals surface area (Å²) in [5.41, 5.74) is 2.48. The fraction of sp³-hybridized carbons (Fsp3) is 0.667. The van der Waals surface area contributed by atoms with Crippen molar-refractivity contribution in [3.8, 4) is 0 Å². The number of nitrogens with zero attached hydrogens (tertiary/aromatic N) is 1. The highest BCUT2D eigenvalue weighted by Crippen LogP contribution is 2.31. The van der Waals surface area contributed by atoms with Crippen LogP contribution in [0.3, 0.4) is 0 Å². The first-order valence-corrected chi connectivity index (χ1v) is 7.67. The van der Waals surface area contributed by atoms with E-state index in [1.54, 1.807) is 4.90 Å². The molecule has 1 aromatic rings. The van der Waals surface area contributed by atoms with Gasteiger partial charge in [0.15, 0.2) is 0 Å². The second kappa shape index (κ2) is 5.16. The standard InChI is InChI=1S/C15H23NO2S/c1-10-13-7-6-12(8-11(13)9-19-10)16(5)14(17)18-15(2,3)4/h9,12H,6-8H2,1-5H3/t12-/m1/s1. The summed E-state index contributed by atoms with van der Waals surface area (Å²) in [5, 5.41) is 2.24. The molecular weight excluding hydrogens is 258 g/mol. The molecule has 2 rings (SSSR count). The predicted octanol–water partition coefficient (Wildman–Crippen LogP) is 3.78. The highest BCUT2D eigenvalue weighted by Gasteiger charge is 2.29. The summed E-state index contributed by atoms with van der Waals surface area (Å²) in [4.78, 5) is 15.3. The monoisotopic (exact) mass is 281 g/mol. The maximum Gasteiger partial charge on any atom is 0.410 e. The molecule has 0 bridgehead atoms. The molecule has 0 radical (unpaired) electrons. The molecular formula is C15H23NO2S. The minimum absolute atomic E-state index is 0.215. The van der Waals surface area contributed by atoms with Crippen LogP contribution in [0.25, 0.3) is 0 Å². The van der Waals surface area contributed by atoms with Crippen LogP contribution in [0.15, 0.2) is 5.38 Å². The summed E-state index contributed by atoms with van der Waals surface area (Å²) in [6.07, 6.45) is 2.84. The van der Waals surface area contributed by atoms with Crippen molar-refractivity contribution < 1.29 is 9.53 Å². The first-order valence-electron chi connectivity index (χ1n) is 6.79. The van der Waals surface area contributed by atoms with Crippen LogP contribution in [0.5, 0.6) is 0 Å². The van der Waals surface area contributed by atoms with Gasteiger partial charge in [0.1, 0.15) is 5.60 Å². The van der Waals surface area contributed by atoms with Crippen molar-refractivity contribution in [2.24, 2.45) is 0 Å². The van der Waals surface area contributed by atoms with E-state index in [2.05, 4.69) is 12.3 Å². The van der Waals surface area contributed by atoms with E-state index in [9.17, 15) is 4.79 Å². The summed E-state index contributed by atoms with van der Waals surface area (Å²) in [6, 6.07) is 0.261. The van der Waals surface area contributed by atoms with Crippen molar-refractivity contribution in [2.45, 2.75) is 58.6 Å². The maximum absolute atomic E-state index is 12.1. The molecule has 19 heavy (non-hydrogen) atoms. The summed E-state index contributed by atoms with van der Waals surface area (Å²) >= 11 is 1.82. The number of hydrogen-bond acceptors (Lipinski definition) is 3. The van der Waals surface area contributed by atoms with Gasteiger partial charge in [-0.1, -0.05) is 0 Å². The number of carbonyl (C=O) groups is 1. The smallest absolute Gasteiger partial charge is 0.410 e. The van der Waals surface area contributed by atoms with Gasteiger partial charge in [0.25, 0.3) is 0 Å². The molecule has 0 unspecified atom stereocenters. The highest BCUT2D eigenvalue weighted by molar-refractivity contribution is 7.10. The van der Waals surface area contributed by atoms with E-state index >= 15 is 0 Å². The molecule has 1 amide bonds. The van der Waals surface area contributed by atoms with Crippen LogP contribution in [0.4, 0.5) is 4.79 Å². The third-order valence-electron chi connectivity index (χ3n) is 3.60. The molecule has 4 heteroatoms. The van der Waals surface area contributed by atoms with Crippen LogP contribution in [0, 0.1) is 6.92 Å². The number of carbonyl (C=O) groups excluding carboxylic acids is 1. The van der Waals surface area contributed by atoms with Gasteiger partial charge in [0.2, 0.25) is 0 Å². The van der Waals surface area contributed by atoms with Crippen molar-refractivity contribution in [2.75, 3.05) is 7.05 Å². The third kappa shape index (κ3) is 3.30. The molecule has 3 nitrogen and oxygen atoms in total. The predicted molar refractivity (Wildman–Crippen MR) is 78.9 cm³/mol. The van der Waals surface area contributed by atoms with Crippen LogP contribution < -0.4 is 0 Å². The zero-order chi connectivity index (χ0) is 14.2. The van der Waals surface area contributed by atoms with Gasteiger partial charge >= 0.3 is 6.09 Å². The average molecular weight is 281 g/mol. The topological polar surface area (TPSA) is 29.5 Å². The van der Waals surface area contributed by atoms with Crippen LogP contribution in [-0.2, 0) is 17.6 Å². The van der Waals surface area contributed by atoms with Crippen molar-refractivity contribution in [3.63, 3.8) is 0 Å². The molecule has 0 spiro atoms. The van der Waals surface area contributed by atoms with E-state index in [0.717, 1.165) is 19.3 Å². The number of aryl methyl sites for hydroxylation is 1. The van der Waals surface area contributed by atoms with Crippen LogP contribution in [-0.4, -0.2) is 29.7 Å². The van der Waals surface area contributed by atoms with E-state index in [4.69, 9.17) is 4.74 Å². The van der Waals surface area contributed by atoms with Crippen LogP contribution in [0.2, 0.25) is 0 Å². The lowest BCUT2D eigenvalue weighted by molar-refractivity contribution is 0.0210. The van der Waals surface area contributed by atoms with E-state index in [1.165, 1.54) is 16.0 Å². The van der Waals surface area contributed by atoms with Crippen molar-refractivity contribution in [1.82, 2.24) is 4.90 Å². The fourth-order valence-corrected chi connectivity index (χ4v) is 3.45. The van der Waals surface area contributed by atoms with E-state index in [1.807, 2.05) is 39.2 Å². The maximum atomic E-state index is 12.1. The number of rotatable bonds is 1. The SMILES string of the molecule is Cc1scc2c1CC[C@@H](N(C)C(=O)OC(C)(C)C)C2. The molecule has 1 aliphatic rings. The number of likely N-dealkylation sites (N-methyl/N-ethyl adjacent to an activating group) is 1. The number of fused-ring (bicyclic) bond motifs is 1. The average Bonchev–Trinajstić information content (AvgIpc) is 2.67. The lowest BCUT2D eigenvalue weighted by Crippen LogP contribution is -2.43. The minimum Gasteiger partial charge on any atom is -0.444 e. The molecule has 0 saturated heterocycles. The molecule has 1 atom stereocenters. The molecule has 106 valence electrons. The summed E-state index contributed by atoms with van der Waals surface area (Å²) < 4.78 is 5.44. The Kier molecular flexibility index (Phi) is 3.90. The molecule has 0 aliphatic heterocycles. The fourth-order valence-electron chi connectivity index (χ4n) is 2.52. The zero-order valence-corrected chi connectivity index (χ0v) is 13.3. The normalized spacial score (nSPS) is 18.9. The van der Waals surface area contributed by atoms with Gasteiger partial charge in [0, 0.05) is 18.0 Å². The van der Waals surface area contributed by atoms with Crippen molar-refractivity contribution in [1.29, 1.82) is 0 Å². The minimum atomic E-state index is -0.426. The Balaban J connectivity index is 2.02. The Morgan fingerprint density at radius 2 is 2.16 bits per heavy atom. The quantitative estimate of drug-likeness (QED) is 0.784. The second-order valence-corrected chi connectivity index (χ2v) is 7.37. The molecule has 1 heterocycles. The lowest BCUT2D eigenvalue weighted by Gasteiger charge is -2.33. The summed E-state index contributed by atoms with van der Waals surface area (Å²) in [5.74, 6) is 0. The van der Waals surface area contributed by atoms with E-state index in [0.29, 0.717) is 0 Å². The molecule has 0 aromatic carbocycles. The van der Waals surface area contributed by atoms with Crippen LogP contribution >= 0.6 is 11.3 Å². The molecule has 1 aliphatic carbocycles. The number of amides is 1.